The van der Waals surface area contributed by atoms with Crippen LogP contribution in [-0.2, 0) is 30.3 Å². The summed E-state index contributed by atoms with van der Waals surface area (Å²) < 4.78 is 19.1. The standard InChI is InChI=1S/C22H23N5O7/c1-3-17(30)33-18-8-16(32-12(2)29)20(34-18)27-19-15(9-24-21(23)25-19)26(22(27)31)10-13-4-6-14(11-28)7-5-13/h4-7,9,11,16,18,20H,3,8,10H2,1-2H3,(H2,23,24,25)/t16-,18-,20-/m1/s1. The molecule has 0 radical (unpaired) electrons. The molecule has 4 rings (SSSR count). The normalized spacial score (nSPS) is 19.8. The fourth-order valence-electron chi connectivity index (χ4n) is 3.79. The Balaban J connectivity index is 1.78. The number of hydrogen-bond acceptors (Lipinski definition) is 10. The van der Waals surface area contributed by atoms with Crippen molar-refractivity contribution in [1.29, 1.82) is 0 Å². The SMILES string of the molecule is CCC(=O)O[C@H]1C[C@@H](OC(C)=O)[C@H](n2c(=O)n(Cc3ccc(C=O)cc3)c3cnc(N)nc32)O1. The number of nitrogen functional groups attached to an aromatic ring is 1. The summed E-state index contributed by atoms with van der Waals surface area (Å²) in [4.78, 5) is 56.2. The van der Waals surface area contributed by atoms with E-state index < -0.39 is 36.3 Å². The van der Waals surface area contributed by atoms with E-state index in [-0.39, 0.29) is 31.0 Å². The van der Waals surface area contributed by atoms with Gasteiger partial charge in [0, 0.05) is 18.9 Å². The van der Waals surface area contributed by atoms with Crippen molar-refractivity contribution in [1.82, 2.24) is 19.1 Å². The fourth-order valence-corrected chi connectivity index (χ4v) is 3.79. The zero-order valence-electron chi connectivity index (χ0n) is 18.5. The molecule has 178 valence electrons. The number of anilines is 1. The molecule has 0 unspecified atom stereocenters. The molecule has 1 aliphatic rings. The number of esters is 2. The number of carbonyl (C=O) groups is 3. The Morgan fingerprint density at radius 2 is 2.00 bits per heavy atom. The average molecular weight is 469 g/mol. The second-order valence-corrected chi connectivity index (χ2v) is 7.72. The van der Waals surface area contributed by atoms with Crippen molar-refractivity contribution in [3.8, 4) is 0 Å². The van der Waals surface area contributed by atoms with Crippen LogP contribution in [0.2, 0.25) is 0 Å². The molecule has 2 N–H and O–H groups in total. The van der Waals surface area contributed by atoms with Gasteiger partial charge in [-0.25, -0.2) is 14.3 Å². The first-order valence-electron chi connectivity index (χ1n) is 10.6. The molecule has 12 nitrogen and oxygen atoms in total. The third-order valence-corrected chi connectivity index (χ3v) is 5.34. The lowest BCUT2D eigenvalue weighted by Gasteiger charge is -2.19. The van der Waals surface area contributed by atoms with Crippen molar-refractivity contribution in [2.75, 3.05) is 5.73 Å². The Bertz CT molecular complexity index is 1300. The highest BCUT2D eigenvalue weighted by molar-refractivity contribution is 5.75. The predicted molar refractivity (Wildman–Crippen MR) is 118 cm³/mol. The van der Waals surface area contributed by atoms with E-state index in [4.69, 9.17) is 19.9 Å². The van der Waals surface area contributed by atoms with Crippen molar-refractivity contribution < 1.29 is 28.6 Å². The van der Waals surface area contributed by atoms with E-state index in [2.05, 4.69) is 9.97 Å². The lowest BCUT2D eigenvalue weighted by atomic mass is 10.1. The highest BCUT2D eigenvalue weighted by Gasteiger charge is 2.43. The summed E-state index contributed by atoms with van der Waals surface area (Å²) in [5, 5.41) is 0. The maximum absolute atomic E-state index is 13.6. The first-order chi connectivity index (χ1) is 16.3. The maximum atomic E-state index is 13.6. The summed E-state index contributed by atoms with van der Waals surface area (Å²) in [7, 11) is 0. The van der Waals surface area contributed by atoms with Gasteiger partial charge in [0.15, 0.2) is 18.0 Å². The Morgan fingerprint density at radius 3 is 2.65 bits per heavy atom. The number of rotatable bonds is 7. The number of benzene rings is 1. The van der Waals surface area contributed by atoms with Gasteiger partial charge in [-0.05, 0) is 5.56 Å². The number of aromatic nitrogens is 4. The van der Waals surface area contributed by atoms with Crippen LogP contribution in [0.4, 0.5) is 5.95 Å². The molecule has 3 heterocycles. The number of hydrogen-bond donors (Lipinski definition) is 1. The molecule has 0 aliphatic carbocycles. The van der Waals surface area contributed by atoms with Gasteiger partial charge in [0.2, 0.25) is 12.2 Å². The summed E-state index contributed by atoms with van der Waals surface area (Å²) in [6.45, 7) is 3.02. The predicted octanol–water partition coefficient (Wildman–Crippen LogP) is 1.17. The van der Waals surface area contributed by atoms with Crippen molar-refractivity contribution in [2.45, 2.75) is 51.9 Å². The number of carbonyl (C=O) groups excluding carboxylic acids is 3. The van der Waals surface area contributed by atoms with Gasteiger partial charge in [0.25, 0.3) is 0 Å². The van der Waals surface area contributed by atoms with E-state index in [0.29, 0.717) is 11.1 Å². The molecular formula is C22H23N5O7. The van der Waals surface area contributed by atoms with Crippen molar-refractivity contribution in [2.24, 2.45) is 0 Å². The number of aldehydes is 1. The van der Waals surface area contributed by atoms with Crippen LogP contribution in [0.25, 0.3) is 11.2 Å². The van der Waals surface area contributed by atoms with E-state index in [9.17, 15) is 19.2 Å². The van der Waals surface area contributed by atoms with Crippen LogP contribution >= 0.6 is 0 Å². The maximum Gasteiger partial charge on any atom is 0.332 e. The molecule has 12 heteroatoms. The number of ether oxygens (including phenoxy) is 3. The van der Waals surface area contributed by atoms with Gasteiger partial charge in [-0.3, -0.25) is 19.0 Å². The average Bonchev–Trinajstić information content (AvgIpc) is 3.30. The van der Waals surface area contributed by atoms with Crippen LogP contribution in [0.15, 0.2) is 35.3 Å². The summed E-state index contributed by atoms with van der Waals surface area (Å²) in [5.74, 6) is -1.14. The van der Waals surface area contributed by atoms with Crippen LogP contribution < -0.4 is 11.4 Å². The number of nitrogens with zero attached hydrogens (tertiary/aromatic N) is 4. The number of fused-ring (bicyclic) bond motifs is 1. The first kappa shape index (κ1) is 23.1. The van der Waals surface area contributed by atoms with Crippen LogP contribution in [0.1, 0.15) is 48.8 Å². The number of imidazole rings is 1. The van der Waals surface area contributed by atoms with Crippen molar-refractivity contribution in [3.05, 3.63) is 52.1 Å². The van der Waals surface area contributed by atoms with Gasteiger partial charge in [-0.2, -0.15) is 4.98 Å². The van der Waals surface area contributed by atoms with Gasteiger partial charge >= 0.3 is 17.6 Å². The molecule has 1 saturated heterocycles. The fraction of sp³-hybridized carbons (Fsp3) is 0.364. The topological polar surface area (TPSA) is 158 Å². The molecule has 1 aliphatic heterocycles. The van der Waals surface area contributed by atoms with Crippen LogP contribution in [0.5, 0.6) is 0 Å². The van der Waals surface area contributed by atoms with Crippen LogP contribution in [-0.4, -0.2) is 49.7 Å². The molecule has 0 spiro atoms. The second-order valence-electron chi connectivity index (χ2n) is 7.72. The van der Waals surface area contributed by atoms with E-state index in [1.807, 2.05) is 0 Å². The molecule has 34 heavy (non-hydrogen) atoms. The van der Waals surface area contributed by atoms with Gasteiger partial charge in [0.1, 0.15) is 11.8 Å². The summed E-state index contributed by atoms with van der Waals surface area (Å²) >= 11 is 0. The minimum absolute atomic E-state index is 0.0445. The molecule has 3 aromatic rings. The van der Waals surface area contributed by atoms with Gasteiger partial charge in [-0.1, -0.05) is 31.2 Å². The van der Waals surface area contributed by atoms with Crippen LogP contribution in [0, 0.1) is 0 Å². The summed E-state index contributed by atoms with van der Waals surface area (Å²) in [6.07, 6.45) is -0.708. The lowest BCUT2D eigenvalue weighted by Crippen LogP contribution is -2.34. The largest absolute Gasteiger partial charge is 0.457 e. The zero-order chi connectivity index (χ0) is 24.4. The summed E-state index contributed by atoms with van der Waals surface area (Å²) in [5.41, 5.74) is 7.07. The molecule has 0 amide bonds. The Hall–Kier alpha value is -4.06. The van der Waals surface area contributed by atoms with Gasteiger partial charge in [-0.15, -0.1) is 0 Å². The minimum Gasteiger partial charge on any atom is -0.457 e. The second kappa shape index (κ2) is 9.43. The third kappa shape index (κ3) is 4.53. The molecular weight excluding hydrogens is 446 g/mol. The molecule has 1 fully saturated rings. The molecule has 1 aromatic carbocycles. The summed E-state index contributed by atoms with van der Waals surface area (Å²) in [6, 6.07) is 6.74. The highest BCUT2D eigenvalue weighted by Crippen LogP contribution is 2.33. The molecule has 0 bridgehead atoms. The van der Waals surface area contributed by atoms with E-state index in [1.165, 1.54) is 22.3 Å². The van der Waals surface area contributed by atoms with E-state index in [1.54, 1.807) is 31.2 Å². The number of nitrogens with two attached hydrogens (primary N) is 1. The van der Waals surface area contributed by atoms with E-state index >= 15 is 0 Å². The Morgan fingerprint density at radius 1 is 1.26 bits per heavy atom. The Labute approximate surface area is 193 Å². The zero-order valence-corrected chi connectivity index (χ0v) is 18.5. The van der Waals surface area contributed by atoms with Crippen molar-refractivity contribution >= 4 is 35.3 Å². The first-order valence-corrected chi connectivity index (χ1v) is 10.6. The smallest absolute Gasteiger partial charge is 0.332 e. The highest BCUT2D eigenvalue weighted by atomic mass is 16.7. The van der Waals surface area contributed by atoms with Crippen molar-refractivity contribution in [3.63, 3.8) is 0 Å². The van der Waals surface area contributed by atoms with E-state index in [0.717, 1.165) is 11.8 Å². The third-order valence-electron chi connectivity index (χ3n) is 5.34. The molecule has 0 saturated carbocycles. The minimum atomic E-state index is -1.11. The molecule has 2 aromatic heterocycles. The lowest BCUT2D eigenvalue weighted by molar-refractivity contribution is -0.183. The monoisotopic (exact) mass is 469 g/mol. The quantitative estimate of drug-likeness (QED) is 0.393. The van der Waals surface area contributed by atoms with Gasteiger partial charge < -0.3 is 19.9 Å². The van der Waals surface area contributed by atoms with Gasteiger partial charge in [0.05, 0.1) is 19.2 Å². The van der Waals surface area contributed by atoms with Crippen LogP contribution in [0.3, 0.4) is 0 Å². The Kier molecular flexibility index (Phi) is 6.41. The molecule has 3 atom stereocenters.